The van der Waals surface area contributed by atoms with Gasteiger partial charge >= 0.3 is 6.16 Å². The molecule has 0 aliphatic carbocycles. The van der Waals surface area contributed by atoms with Gasteiger partial charge in [-0.1, -0.05) is 63.7 Å². The quantitative estimate of drug-likeness (QED) is 0.522. The molecule has 0 aromatic rings. The lowest BCUT2D eigenvalue weighted by Gasteiger charge is -2.48. The second-order valence-corrected chi connectivity index (χ2v) is 7.43. The van der Waals surface area contributed by atoms with Crippen molar-refractivity contribution in [3.05, 3.63) is 0 Å². The van der Waals surface area contributed by atoms with Crippen molar-refractivity contribution in [1.29, 1.82) is 0 Å². The Morgan fingerprint density at radius 3 is 1.05 bits per heavy atom. The second kappa shape index (κ2) is 6.89. The van der Waals surface area contributed by atoms with E-state index in [0.29, 0.717) is 26.4 Å². The van der Waals surface area contributed by atoms with Gasteiger partial charge in [0.25, 0.3) is 0 Å². The zero-order chi connectivity index (χ0) is 14.0. The van der Waals surface area contributed by atoms with Crippen LogP contribution in [0.4, 0.5) is 0 Å². The summed E-state index contributed by atoms with van der Waals surface area (Å²) in [6, 6.07) is 0. The van der Waals surface area contributed by atoms with E-state index >= 15 is 0 Å². The van der Waals surface area contributed by atoms with E-state index in [1.54, 1.807) is 0 Å². The van der Waals surface area contributed by atoms with Gasteiger partial charge in [-0.25, -0.2) is 0 Å². The maximum Gasteiger partial charge on any atom is 0.412 e. The second-order valence-electron chi connectivity index (χ2n) is 5.19. The van der Waals surface area contributed by atoms with Crippen LogP contribution in [-0.2, 0) is 18.9 Å². The highest BCUT2D eigenvalue weighted by Gasteiger charge is 2.51. The highest BCUT2D eigenvalue weighted by molar-refractivity contribution is 9.10. The fraction of sp³-hybridized carbons (Fsp3) is 1.00. The third kappa shape index (κ3) is 3.57. The molecular formula is C11H16Br4O4. The first-order chi connectivity index (χ1) is 9.07. The lowest BCUT2D eigenvalue weighted by molar-refractivity contribution is -0.543. The molecule has 0 aromatic heterocycles. The third-order valence-electron chi connectivity index (χ3n) is 3.35. The normalized spacial score (nSPS) is 28.4. The van der Waals surface area contributed by atoms with Crippen LogP contribution in [0.15, 0.2) is 0 Å². The Hall–Kier alpha value is 1.76. The van der Waals surface area contributed by atoms with E-state index < -0.39 is 6.16 Å². The Kier molecular flexibility index (Phi) is 6.21. The Morgan fingerprint density at radius 1 is 0.579 bits per heavy atom. The van der Waals surface area contributed by atoms with E-state index in [2.05, 4.69) is 63.7 Å². The number of hydrogen-bond acceptors (Lipinski definition) is 4. The summed E-state index contributed by atoms with van der Waals surface area (Å²) in [5, 5.41) is 3.20. The molecule has 0 N–H and O–H groups in total. The molecule has 2 aliphatic heterocycles. The lowest BCUT2D eigenvalue weighted by atomic mass is 9.94. The van der Waals surface area contributed by atoms with E-state index in [1.165, 1.54) is 0 Å². The average molecular weight is 532 g/mol. The topological polar surface area (TPSA) is 36.9 Å². The largest absolute Gasteiger partial charge is 0.412 e. The number of hydrogen-bond donors (Lipinski definition) is 0. The van der Waals surface area contributed by atoms with Gasteiger partial charge in [0.1, 0.15) is 0 Å². The minimum Gasteiger partial charge on any atom is -0.303 e. The highest BCUT2D eigenvalue weighted by atomic mass is 79.9. The molecule has 0 amide bonds. The van der Waals surface area contributed by atoms with Gasteiger partial charge in [-0.2, -0.15) is 0 Å². The zero-order valence-electron chi connectivity index (χ0n) is 10.3. The van der Waals surface area contributed by atoms with E-state index in [4.69, 9.17) is 18.9 Å². The van der Waals surface area contributed by atoms with Crippen LogP contribution in [-0.4, -0.2) is 53.9 Å². The minimum absolute atomic E-state index is 0.0721. The fourth-order valence-electron chi connectivity index (χ4n) is 1.68. The van der Waals surface area contributed by atoms with Gasteiger partial charge in [0.05, 0.1) is 26.4 Å². The third-order valence-corrected chi connectivity index (χ3v) is 8.11. The van der Waals surface area contributed by atoms with Crippen LogP contribution in [0, 0.1) is 10.8 Å². The molecule has 8 heteroatoms. The van der Waals surface area contributed by atoms with Crippen LogP contribution in [0.25, 0.3) is 0 Å². The van der Waals surface area contributed by atoms with Crippen LogP contribution >= 0.6 is 63.7 Å². The van der Waals surface area contributed by atoms with Gasteiger partial charge in [-0.15, -0.1) is 0 Å². The highest BCUT2D eigenvalue weighted by Crippen LogP contribution is 2.40. The Morgan fingerprint density at radius 2 is 0.842 bits per heavy atom. The molecule has 0 radical (unpaired) electrons. The Bertz CT molecular complexity index is 254. The van der Waals surface area contributed by atoms with Crippen molar-refractivity contribution in [2.45, 2.75) is 6.16 Å². The summed E-state index contributed by atoms with van der Waals surface area (Å²) in [5.41, 5.74) is -0.144. The molecule has 2 saturated heterocycles. The molecule has 2 heterocycles. The first-order valence-corrected chi connectivity index (χ1v) is 10.4. The summed E-state index contributed by atoms with van der Waals surface area (Å²) in [4.78, 5) is 0. The molecule has 2 rings (SSSR count). The summed E-state index contributed by atoms with van der Waals surface area (Å²) in [6.45, 7) is 2.11. The van der Waals surface area contributed by atoms with Crippen LogP contribution < -0.4 is 0 Å². The molecular weight excluding hydrogens is 516 g/mol. The number of ether oxygens (including phenoxy) is 4. The van der Waals surface area contributed by atoms with E-state index in [0.717, 1.165) is 21.3 Å². The van der Waals surface area contributed by atoms with Gasteiger partial charge in [-0.3, -0.25) is 0 Å². The molecule has 2 fully saturated rings. The van der Waals surface area contributed by atoms with Crippen molar-refractivity contribution >= 4 is 63.7 Å². The van der Waals surface area contributed by atoms with Gasteiger partial charge in [0, 0.05) is 32.2 Å². The molecule has 0 saturated carbocycles. The average Bonchev–Trinajstić information content (AvgIpc) is 2.50. The van der Waals surface area contributed by atoms with Gasteiger partial charge in [-0.05, 0) is 0 Å². The smallest absolute Gasteiger partial charge is 0.303 e. The van der Waals surface area contributed by atoms with Crippen molar-refractivity contribution in [2.24, 2.45) is 10.8 Å². The summed E-state index contributed by atoms with van der Waals surface area (Å²) in [5.74, 6) is 0. The number of alkyl halides is 4. The molecule has 19 heavy (non-hydrogen) atoms. The Balaban J connectivity index is 1.95. The van der Waals surface area contributed by atoms with Gasteiger partial charge in [0.15, 0.2) is 0 Å². The summed E-state index contributed by atoms with van der Waals surface area (Å²) in [6.07, 6.45) is -1.32. The number of rotatable bonds is 4. The molecule has 0 unspecified atom stereocenters. The first-order valence-electron chi connectivity index (χ1n) is 5.87. The van der Waals surface area contributed by atoms with Crippen LogP contribution in [0.1, 0.15) is 0 Å². The molecule has 2 aliphatic rings. The fourth-order valence-corrected chi connectivity index (χ4v) is 4.83. The lowest BCUT2D eigenvalue weighted by Crippen LogP contribution is -2.59. The van der Waals surface area contributed by atoms with Crippen LogP contribution in [0.3, 0.4) is 0 Å². The van der Waals surface area contributed by atoms with Crippen molar-refractivity contribution in [3.63, 3.8) is 0 Å². The summed E-state index contributed by atoms with van der Waals surface area (Å²) in [7, 11) is 0. The van der Waals surface area contributed by atoms with E-state index in [1.807, 2.05) is 0 Å². The predicted molar refractivity (Wildman–Crippen MR) is 86.6 cm³/mol. The Labute approximate surface area is 146 Å². The van der Waals surface area contributed by atoms with E-state index in [-0.39, 0.29) is 10.8 Å². The van der Waals surface area contributed by atoms with Gasteiger partial charge in [0.2, 0.25) is 0 Å². The molecule has 112 valence electrons. The predicted octanol–water partition coefficient (Wildman–Crippen LogP) is 3.24. The van der Waals surface area contributed by atoms with Crippen molar-refractivity contribution in [3.8, 4) is 0 Å². The number of halogens is 4. The minimum atomic E-state index is -1.32. The molecule has 1 spiro atoms. The van der Waals surface area contributed by atoms with Crippen LogP contribution in [0.5, 0.6) is 0 Å². The van der Waals surface area contributed by atoms with E-state index in [9.17, 15) is 0 Å². The maximum absolute atomic E-state index is 5.73. The van der Waals surface area contributed by atoms with Gasteiger partial charge < -0.3 is 18.9 Å². The molecule has 4 nitrogen and oxygen atoms in total. The van der Waals surface area contributed by atoms with Crippen molar-refractivity contribution in [1.82, 2.24) is 0 Å². The summed E-state index contributed by atoms with van der Waals surface area (Å²) < 4.78 is 22.9. The standard InChI is InChI=1S/C11H16Br4O4/c12-1-9(2-13)5-16-11(17-6-9)18-7-10(3-14,4-15)8-19-11/h1-8H2. The molecule has 0 aromatic carbocycles. The zero-order valence-corrected chi connectivity index (χ0v) is 16.6. The van der Waals surface area contributed by atoms with Crippen molar-refractivity contribution < 1.29 is 18.9 Å². The molecule has 0 atom stereocenters. The maximum atomic E-state index is 5.73. The first kappa shape index (κ1) is 17.1. The van der Waals surface area contributed by atoms with Crippen molar-refractivity contribution in [2.75, 3.05) is 47.7 Å². The monoisotopic (exact) mass is 528 g/mol. The summed E-state index contributed by atoms with van der Waals surface area (Å²) >= 11 is 14.0. The SMILES string of the molecule is BrCC1(CBr)COC2(OC1)OCC(CBr)(CBr)CO2. The van der Waals surface area contributed by atoms with Crippen LogP contribution in [0.2, 0.25) is 0 Å². The molecule has 0 bridgehead atoms.